The van der Waals surface area contributed by atoms with Crippen molar-refractivity contribution < 1.29 is 31.6 Å². The molecular formula is C21H16BrF4N5O3S. The average molecular weight is 574 g/mol. The van der Waals surface area contributed by atoms with E-state index in [1.807, 2.05) is 0 Å². The highest BCUT2D eigenvalue weighted by Crippen LogP contribution is 2.48. The van der Waals surface area contributed by atoms with Crippen LogP contribution in [0.2, 0.25) is 0 Å². The number of ether oxygens (including phenoxy) is 2. The number of aryl methyl sites for hydroxylation is 1. The summed E-state index contributed by atoms with van der Waals surface area (Å²) in [5.74, 6) is -0.164. The van der Waals surface area contributed by atoms with Crippen LogP contribution in [0.15, 0.2) is 40.0 Å². The molecule has 1 aromatic carbocycles. The number of fused-ring (bicyclic) bond motifs is 2. The summed E-state index contributed by atoms with van der Waals surface area (Å²) in [5, 5.41) is 0.373. The van der Waals surface area contributed by atoms with Crippen LogP contribution >= 0.6 is 15.9 Å². The predicted octanol–water partition coefficient (Wildman–Crippen LogP) is 4.88. The maximum atomic E-state index is 13.7. The van der Waals surface area contributed by atoms with Crippen LogP contribution < -0.4 is 9.47 Å². The molecule has 1 aliphatic heterocycles. The summed E-state index contributed by atoms with van der Waals surface area (Å²) < 4.78 is 79.9. The van der Waals surface area contributed by atoms with Gasteiger partial charge in [-0.05, 0) is 35.0 Å². The van der Waals surface area contributed by atoms with Crippen molar-refractivity contribution in [1.82, 2.24) is 24.1 Å². The van der Waals surface area contributed by atoms with E-state index in [0.29, 0.717) is 32.4 Å². The normalized spacial score (nSPS) is 17.1. The number of imidazole rings is 2. The van der Waals surface area contributed by atoms with Crippen LogP contribution in [-0.4, -0.2) is 46.6 Å². The zero-order valence-electron chi connectivity index (χ0n) is 18.4. The summed E-state index contributed by atoms with van der Waals surface area (Å²) >= 11 is 1.86. The Morgan fingerprint density at radius 3 is 2.26 bits per heavy atom. The van der Waals surface area contributed by atoms with Crippen LogP contribution in [0.4, 0.5) is 17.6 Å². The first-order valence-electron chi connectivity index (χ1n) is 10.2. The molecule has 5 rings (SSSR count). The Morgan fingerprint density at radius 2 is 1.63 bits per heavy atom. The van der Waals surface area contributed by atoms with E-state index in [1.165, 1.54) is 4.57 Å². The van der Waals surface area contributed by atoms with Gasteiger partial charge in [0.05, 0.1) is 11.0 Å². The molecule has 1 unspecified atom stereocenters. The highest BCUT2D eigenvalue weighted by molar-refractivity contribution is 9.10. The molecule has 3 aromatic heterocycles. The van der Waals surface area contributed by atoms with E-state index >= 15 is 0 Å². The number of alkyl halides is 4. The van der Waals surface area contributed by atoms with Gasteiger partial charge in [-0.15, -0.1) is 0 Å². The molecule has 35 heavy (non-hydrogen) atoms. The van der Waals surface area contributed by atoms with E-state index in [1.54, 1.807) is 43.8 Å². The number of rotatable bonds is 4. The molecule has 1 aliphatic rings. The van der Waals surface area contributed by atoms with E-state index in [-0.39, 0.29) is 17.0 Å². The first-order valence-corrected chi connectivity index (χ1v) is 12.3. The highest BCUT2D eigenvalue weighted by atomic mass is 79.9. The lowest BCUT2D eigenvalue weighted by Crippen LogP contribution is -2.52. The van der Waals surface area contributed by atoms with Crippen LogP contribution in [0.1, 0.15) is 6.92 Å². The standard InChI is InChI=1S/C21H16BrF4N5O3S/c1-4-35(32)19-16(29-17(31(19)3)10-6-5-7-15(22)27-10)18-28-11-8-13-14(9-12(11)30(18)2)34-21(25,26)20(23,24)33-13/h5-9H,4H2,1-3H3. The summed E-state index contributed by atoms with van der Waals surface area (Å²) in [7, 11) is 3.29. The molecule has 0 saturated heterocycles. The van der Waals surface area contributed by atoms with E-state index in [2.05, 4.69) is 40.4 Å². The number of halogens is 5. The fraction of sp³-hybridized carbons (Fsp3) is 0.286. The van der Waals surface area contributed by atoms with E-state index < -0.39 is 34.9 Å². The molecule has 0 spiro atoms. The third-order valence-electron chi connectivity index (χ3n) is 5.44. The van der Waals surface area contributed by atoms with Gasteiger partial charge in [0.1, 0.15) is 16.0 Å². The molecule has 0 saturated carbocycles. The smallest absolute Gasteiger partial charge is 0.507 e. The molecule has 8 nitrogen and oxygen atoms in total. The summed E-state index contributed by atoms with van der Waals surface area (Å²) in [6.07, 6.45) is -9.68. The Bertz CT molecular complexity index is 1480. The minimum atomic E-state index is -4.84. The molecule has 0 fully saturated rings. The van der Waals surface area contributed by atoms with E-state index in [9.17, 15) is 22.1 Å². The van der Waals surface area contributed by atoms with Gasteiger partial charge < -0.3 is 18.6 Å². The second kappa shape index (κ2) is 8.10. The molecular weight excluding hydrogens is 558 g/mol. The van der Waals surface area contributed by atoms with Crippen LogP contribution in [0.3, 0.4) is 0 Å². The maximum Gasteiger partial charge on any atom is 0.507 e. The van der Waals surface area contributed by atoms with Crippen molar-refractivity contribution in [1.29, 1.82) is 0 Å². The largest absolute Gasteiger partial charge is 0.610 e. The number of pyridine rings is 1. The van der Waals surface area contributed by atoms with Gasteiger partial charge in [-0.3, -0.25) is 4.57 Å². The monoisotopic (exact) mass is 573 g/mol. The van der Waals surface area contributed by atoms with Gasteiger partial charge in [0.25, 0.3) is 5.03 Å². The summed E-state index contributed by atoms with van der Waals surface area (Å²) in [5.41, 5.74) is 1.26. The molecule has 0 bridgehead atoms. The zero-order chi connectivity index (χ0) is 25.3. The summed E-state index contributed by atoms with van der Waals surface area (Å²) in [6.45, 7) is 1.75. The van der Waals surface area contributed by atoms with E-state index in [4.69, 9.17) is 0 Å². The number of nitrogens with zero attached hydrogens (tertiary/aromatic N) is 5. The Morgan fingerprint density at radius 1 is 0.971 bits per heavy atom. The zero-order valence-corrected chi connectivity index (χ0v) is 20.8. The molecule has 0 radical (unpaired) electrons. The van der Waals surface area contributed by atoms with Crippen LogP contribution in [0, 0.1) is 0 Å². The topological polar surface area (TPSA) is 90.1 Å². The first kappa shape index (κ1) is 23.9. The Balaban J connectivity index is 1.71. The number of benzene rings is 1. The molecule has 0 amide bonds. The van der Waals surface area contributed by atoms with Crippen molar-refractivity contribution in [3.05, 3.63) is 34.9 Å². The van der Waals surface area contributed by atoms with Gasteiger partial charge in [0.2, 0.25) is 0 Å². The van der Waals surface area contributed by atoms with Crippen molar-refractivity contribution in [2.75, 3.05) is 5.75 Å². The molecule has 184 valence electrons. The third kappa shape index (κ3) is 3.74. The molecule has 1 atom stereocenters. The minimum absolute atomic E-state index is 0.173. The van der Waals surface area contributed by atoms with Crippen molar-refractivity contribution in [3.63, 3.8) is 0 Å². The number of aromatic nitrogens is 5. The lowest BCUT2D eigenvalue weighted by Gasteiger charge is -2.31. The second-order valence-corrected chi connectivity index (χ2v) is 10.1. The molecule has 0 N–H and O–H groups in total. The Hall–Kier alpha value is -2.84. The maximum absolute atomic E-state index is 13.7. The average Bonchev–Trinajstić information content (AvgIpc) is 3.29. The van der Waals surface area contributed by atoms with Gasteiger partial charge in [-0.1, -0.05) is 6.07 Å². The van der Waals surface area contributed by atoms with Crippen molar-refractivity contribution in [3.8, 4) is 34.5 Å². The minimum Gasteiger partial charge on any atom is -0.610 e. The lowest BCUT2D eigenvalue weighted by molar-refractivity contribution is -0.391. The quantitative estimate of drug-likeness (QED) is 0.196. The van der Waals surface area contributed by atoms with Crippen molar-refractivity contribution in [2.24, 2.45) is 14.1 Å². The lowest BCUT2D eigenvalue weighted by atomic mass is 10.2. The van der Waals surface area contributed by atoms with Crippen LogP contribution in [-0.2, 0) is 25.3 Å². The summed E-state index contributed by atoms with van der Waals surface area (Å²) in [4.78, 5) is 13.5. The van der Waals surface area contributed by atoms with Crippen LogP contribution in [0.25, 0.3) is 34.1 Å². The number of hydrogen-bond acceptors (Lipinski definition) is 6. The fourth-order valence-electron chi connectivity index (χ4n) is 3.75. The van der Waals surface area contributed by atoms with Gasteiger partial charge in [0.15, 0.2) is 28.8 Å². The van der Waals surface area contributed by atoms with Gasteiger partial charge in [0, 0.05) is 37.4 Å². The van der Waals surface area contributed by atoms with Crippen molar-refractivity contribution in [2.45, 2.75) is 24.2 Å². The highest BCUT2D eigenvalue weighted by Gasteiger charge is 2.66. The molecule has 4 heterocycles. The first-order chi connectivity index (χ1) is 16.4. The van der Waals surface area contributed by atoms with Crippen molar-refractivity contribution >= 4 is 38.1 Å². The molecule has 4 aromatic rings. The fourth-order valence-corrected chi connectivity index (χ4v) is 5.12. The van der Waals surface area contributed by atoms with Crippen LogP contribution in [0.5, 0.6) is 11.5 Å². The number of hydrogen-bond donors (Lipinski definition) is 0. The predicted molar refractivity (Wildman–Crippen MR) is 122 cm³/mol. The Labute approximate surface area is 207 Å². The van der Waals surface area contributed by atoms with Gasteiger partial charge >= 0.3 is 12.2 Å². The Kier molecular flexibility index (Phi) is 5.53. The van der Waals surface area contributed by atoms with E-state index in [0.717, 1.165) is 12.1 Å². The second-order valence-electron chi connectivity index (χ2n) is 7.65. The van der Waals surface area contributed by atoms with Gasteiger partial charge in [-0.25, -0.2) is 15.0 Å². The van der Waals surface area contributed by atoms with Gasteiger partial charge in [-0.2, -0.15) is 17.6 Å². The SMILES string of the molecule is CC[S+]([O-])c1c(-c2nc3cc4c(cc3n2C)OC(F)(F)C(F)(F)O4)nc(-c2cccc(Br)n2)n1C. The third-order valence-corrected chi connectivity index (χ3v) is 7.30. The molecule has 0 aliphatic carbocycles. The summed E-state index contributed by atoms with van der Waals surface area (Å²) in [6, 6.07) is 7.51. The molecule has 14 heteroatoms.